The van der Waals surface area contributed by atoms with Crippen LogP contribution in [0.4, 0.5) is 5.69 Å². The lowest BCUT2D eigenvalue weighted by Crippen LogP contribution is -2.24. The first-order chi connectivity index (χ1) is 30.5. The van der Waals surface area contributed by atoms with Gasteiger partial charge in [0.25, 0.3) is 0 Å². The average molecular weight is 852 g/mol. The Morgan fingerprint density at radius 1 is 1.02 bits per heavy atom. The van der Waals surface area contributed by atoms with E-state index in [9.17, 15) is 25.2 Å². The fourth-order valence-corrected chi connectivity index (χ4v) is 9.94. The number of aliphatic imine (C=N–C) groups is 1. The van der Waals surface area contributed by atoms with Crippen molar-refractivity contribution in [2.24, 2.45) is 22.6 Å². The van der Waals surface area contributed by atoms with Crippen LogP contribution in [0.3, 0.4) is 0 Å². The summed E-state index contributed by atoms with van der Waals surface area (Å²) >= 11 is 0. The van der Waals surface area contributed by atoms with Gasteiger partial charge in [0.15, 0.2) is 23.7 Å². The molecule has 2 heterocycles. The molecule has 0 amide bonds. The maximum absolute atomic E-state index is 13.8. The van der Waals surface area contributed by atoms with E-state index in [0.717, 1.165) is 64.4 Å². The number of aliphatic hydroxyl groups excluding tert-OH is 2. The van der Waals surface area contributed by atoms with Gasteiger partial charge in [-0.25, -0.2) is 0 Å². The van der Waals surface area contributed by atoms with Crippen molar-refractivity contribution >= 4 is 34.3 Å². The van der Waals surface area contributed by atoms with E-state index in [-0.39, 0.29) is 54.5 Å². The van der Waals surface area contributed by atoms with Crippen molar-refractivity contribution < 1.29 is 39.4 Å². The number of anilines is 1. The van der Waals surface area contributed by atoms with E-state index in [4.69, 9.17) is 19.9 Å². The van der Waals surface area contributed by atoms with Gasteiger partial charge in [0.2, 0.25) is 0 Å². The van der Waals surface area contributed by atoms with Crippen LogP contribution in [0.5, 0.6) is 17.2 Å². The number of ketones is 1. The minimum atomic E-state index is -1.79. The number of fused-ring (bicyclic) bond motifs is 7. The minimum Gasteiger partial charge on any atom is -0.508 e. The maximum Gasteiger partial charge on any atom is 0.192 e. The molecule has 7 N–H and O–H groups in total. The first-order valence-electron chi connectivity index (χ1n) is 22.1. The Balaban J connectivity index is 1.10. The fraction of sp³-hybridized carbons (Fsp3) is 0.385. The van der Waals surface area contributed by atoms with Crippen molar-refractivity contribution in [3.63, 3.8) is 0 Å². The van der Waals surface area contributed by atoms with Crippen LogP contribution in [-0.2, 0) is 35.4 Å². The molecule has 3 aliphatic carbocycles. The number of hydrogen-bond acceptors (Lipinski definition) is 9. The number of guanidine groups is 1. The van der Waals surface area contributed by atoms with E-state index in [1.807, 2.05) is 48.6 Å². The summed E-state index contributed by atoms with van der Waals surface area (Å²) in [5, 5.41) is 49.3. The highest BCUT2D eigenvalue weighted by Gasteiger charge is 2.35. The number of nitrogens with one attached hydrogen (secondary N) is 1. The van der Waals surface area contributed by atoms with Crippen LogP contribution in [0.1, 0.15) is 115 Å². The number of nitrogens with zero attached hydrogens (tertiary/aromatic N) is 1. The van der Waals surface area contributed by atoms with Gasteiger partial charge >= 0.3 is 0 Å². The Morgan fingerprint density at radius 2 is 1.87 bits per heavy atom. The molecule has 0 spiro atoms. The Kier molecular flexibility index (Phi) is 13.1. The first-order valence-corrected chi connectivity index (χ1v) is 22.1. The van der Waals surface area contributed by atoms with Crippen LogP contribution < -0.4 is 20.5 Å². The van der Waals surface area contributed by atoms with Crippen molar-refractivity contribution in [3.8, 4) is 29.3 Å². The molecule has 11 heteroatoms. The number of aryl methyl sites for hydroxylation is 3. The van der Waals surface area contributed by atoms with Crippen molar-refractivity contribution in [2.45, 2.75) is 102 Å². The molecule has 4 aromatic carbocycles. The van der Waals surface area contributed by atoms with Crippen molar-refractivity contribution in [3.05, 3.63) is 123 Å². The number of unbranched alkanes of at least 4 members (excludes halogenated alkanes) is 1. The molecule has 8 bridgehead atoms. The highest BCUT2D eigenvalue weighted by atomic mass is 16.5. The lowest BCUT2D eigenvalue weighted by atomic mass is 9.72. The number of ether oxygens (including phenoxy) is 3. The number of carbonyl (C=O) groups is 1. The molecule has 0 fully saturated rings. The van der Waals surface area contributed by atoms with Crippen LogP contribution in [0, 0.1) is 23.9 Å². The summed E-state index contributed by atoms with van der Waals surface area (Å²) in [5.74, 6) is 4.63. The van der Waals surface area contributed by atoms with Crippen molar-refractivity contribution in [1.82, 2.24) is 0 Å². The Labute approximate surface area is 369 Å². The lowest BCUT2D eigenvalue weighted by molar-refractivity contribution is -0.121. The molecule has 2 aliphatic heterocycles. The van der Waals surface area contributed by atoms with E-state index in [1.165, 1.54) is 5.56 Å². The fourth-order valence-electron chi connectivity index (χ4n) is 9.94. The third kappa shape index (κ3) is 9.43. The number of nitrogens with two attached hydrogens (primary N) is 1. The van der Waals surface area contributed by atoms with E-state index in [0.29, 0.717) is 59.8 Å². The number of benzene rings is 4. The third-order valence-corrected chi connectivity index (χ3v) is 13.1. The van der Waals surface area contributed by atoms with Gasteiger partial charge in [-0.05, 0) is 138 Å². The molecule has 4 aromatic rings. The number of aromatic hydroxyl groups is 1. The second-order valence-corrected chi connectivity index (χ2v) is 17.2. The van der Waals surface area contributed by atoms with Gasteiger partial charge in [0.05, 0.1) is 13.0 Å². The molecule has 0 unspecified atom stereocenters. The predicted molar refractivity (Wildman–Crippen MR) is 246 cm³/mol. The molecule has 0 aromatic heterocycles. The number of carbonyl (C=O) groups excluding carboxylic acids is 1. The molecule has 63 heavy (non-hydrogen) atoms. The maximum atomic E-state index is 13.8. The van der Waals surface area contributed by atoms with Crippen LogP contribution in [0.25, 0.3) is 16.8 Å². The van der Waals surface area contributed by atoms with Gasteiger partial charge in [-0.1, -0.05) is 55.7 Å². The summed E-state index contributed by atoms with van der Waals surface area (Å²) in [6, 6.07) is 15.6. The Morgan fingerprint density at radius 3 is 2.68 bits per heavy atom. The summed E-state index contributed by atoms with van der Waals surface area (Å²) in [5.41, 5.74) is 13.1. The molecule has 0 radical (unpaired) electrons. The van der Waals surface area contributed by atoms with Gasteiger partial charge in [-0.2, -0.15) is 0 Å². The number of hydrogen-bond donors (Lipinski definition) is 6. The van der Waals surface area contributed by atoms with Gasteiger partial charge < -0.3 is 45.7 Å². The summed E-state index contributed by atoms with van der Waals surface area (Å²) < 4.78 is 18.6. The molecule has 9 rings (SSSR count). The lowest BCUT2D eigenvalue weighted by Gasteiger charge is -2.32. The number of phenols is 1. The summed E-state index contributed by atoms with van der Waals surface area (Å²) in [6.45, 7) is 2.12. The van der Waals surface area contributed by atoms with E-state index < -0.39 is 18.3 Å². The van der Waals surface area contributed by atoms with Crippen LogP contribution in [-0.4, -0.2) is 52.4 Å². The molecule has 5 atom stereocenters. The zero-order chi connectivity index (χ0) is 44.2. The van der Waals surface area contributed by atoms with Crippen LogP contribution >= 0.6 is 0 Å². The van der Waals surface area contributed by atoms with Gasteiger partial charge in [0, 0.05) is 48.2 Å². The van der Waals surface area contributed by atoms with E-state index in [1.54, 1.807) is 20.2 Å². The SMILES string of the molecule is CN=C(N)Nc1cccc(CCCC[C@@H]2C=CC(O)=C[C@@H]2C[C@H]2CC(=O)CCc3ccc(OC)c(c3)OCc3c(C(O)O)c4c5c(c(O)cc6c5c3C=C[C@H]6C)[C@H](C#CO2)CC4)c1. The average Bonchev–Trinajstić information content (AvgIpc) is 3.27. The quantitative estimate of drug-likeness (QED) is 0.0297. The van der Waals surface area contributed by atoms with Crippen molar-refractivity contribution in [2.75, 3.05) is 19.5 Å². The number of rotatable bonds is 10. The largest absolute Gasteiger partial charge is 0.508 e. The highest BCUT2D eigenvalue weighted by Crippen LogP contribution is 2.51. The minimum absolute atomic E-state index is 0.00319. The van der Waals surface area contributed by atoms with Crippen LogP contribution in [0.2, 0.25) is 0 Å². The van der Waals surface area contributed by atoms with E-state index >= 15 is 0 Å². The smallest absolute Gasteiger partial charge is 0.192 e. The Bertz CT molecular complexity index is 2580. The number of aliphatic hydroxyl groups is 3. The first kappa shape index (κ1) is 43.4. The molecule has 5 aliphatic rings. The molecule has 0 saturated carbocycles. The van der Waals surface area contributed by atoms with Gasteiger partial charge in [-0.15, -0.1) is 0 Å². The zero-order valence-corrected chi connectivity index (χ0v) is 36.2. The van der Waals surface area contributed by atoms with Crippen LogP contribution in [0.15, 0.2) is 83.6 Å². The molecular formula is C52H57N3O8. The Hall–Kier alpha value is -6.22. The molecular weight excluding hydrogens is 795 g/mol. The monoisotopic (exact) mass is 851 g/mol. The summed E-state index contributed by atoms with van der Waals surface area (Å²) in [6.07, 6.45) is 16.5. The van der Waals surface area contributed by atoms with Gasteiger partial charge in [0.1, 0.15) is 36.1 Å². The van der Waals surface area contributed by atoms with Crippen molar-refractivity contribution in [1.29, 1.82) is 0 Å². The normalized spacial score (nSPS) is 21.9. The topological polar surface area (TPSA) is 176 Å². The standard InChI is InChI=1S/C52H57N3O8/c1-30-11-18-40-43-29-63-46-24-32(13-20-45(46)61-3)12-16-38(57)27-39(62-22-21-34-15-19-41(49(43)51(59)60)50-47(34)44(58)28-42(30)48(40)50)26-35-25-37(56)17-14-33(35)9-5-4-7-31-8-6-10-36(23-31)55-52(53)54-2/h6,8,10-11,13-14,17-18,20,23-25,28,30,33-35,39,51,56,58-60H,4-5,7,9,12,15-16,19,26-27,29H2,1-3H3,(H3,53,54,55)/t30-,33-,34+,35-,39+/m1/s1. The number of phenolic OH excluding ortho intramolecular Hbond substituents is 1. The molecule has 0 saturated heterocycles. The summed E-state index contributed by atoms with van der Waals surface area (Å²) in [7, 11) is 3.22. The number of Topliss-reactive ketones (excluding diaryl/α,β-unsaturated/α-hetero) is 1. The third-order valence-electron chi connectivity index (χ3n) is 13.1. The molecule has 328 valence electrons. The zero-order valence-electron chi connectivity index (χ0n) is 36.2. The second kappa shape index (κ2) is 19.0. The predicted octanol–water partition coefficient (Wildman–Crippen LogP) is 8.93. The summed E-state index contributed by atoms with van der Waals surface area (Å²) in [4.78, 5) is 17.8. The van der Waals surface area contributed by atoms with E-state index in [2.05, 4.69) is 53.5 Å². The number of methoxy groups -OCH3 is 1. The number of allylic oxidation sites excluding steroid dienone is 4. The van der Waals surface area contributed by atoms with Gasteiger partial charge in [-0.3, -0.25) is 9.79 Å². The second-order valence-electron chi connectivity index (χ2n) is 17.2. The highest BCUT2D eigenvalue weighted by molar-refractivity contribution is 6.04. The molecule has 11 nitrogen and oxygen atoms in total.